The number of anilines is 1. The average Bonchev–Trinajstić information content (AvgIpc) is 2.33. The van der Waals surface area contributed by atoms with Crippen LogP contribution in [0.3, 0.4) is 0 Å². The van der Waals surface area contributed by atoms with Crippen molar-refractivity contribution in [3.05, 3.63) is 22.8 Å². The Morgan fingerprint density at radius 1 is 1.50 bits per heavy atom. The Hall–Kier alpha value is -1.50. The molecule has 1 rings (SSSR count). The summed E-state index contributed by atoms with van der Waals surface area (Å²) >= 11 is 5.87. The van der Waals surface area contributed by atoms with Crippen molar-refractivity contribution in [2.24, 2.45) is 0 Å². The lowest BCUT2D eigenvalue weighted by atomic mass is 10.2. The highest BCUT2D eigenvalue weighted by Crippen LogP contribution is 2.23. The van der Waals surface area contributed by atoms with Crippen LogP contribution in [-0.2, 0) is 0 Å². The van der Waals surface area contributed by atoms with Crippen LogP contribution in [0.25, 0.3) is 0 Å². The minimum absolute atomic E-state index is 0.0203. The van der Waals surface area contributed by atoms with Gasteiger partial charge in [0.05, 0.1) is 10.6 Å². The molecule has 1 aromatic heterocycles. The standard InChI is InChI=1S/C12H15ClF3N3O/c1-7(2)19(6-12(14,15)16)11(20)8-4-9(13)10(17-3)18-5-8/h4-5,7H,6H2,1-3H3,(H,17,18). The molecule has 0 fully saturated rings. The number of carbonyl (C=O) groups excluding carboxylic acids is 1. The Balaban J connectivity index is 3.04. The van der Waals surface area contributed by atoms with E-state index in [1.165, 1.54) is 26.1 Å². The third-order valence-corrected chi connectivity index (χ3v) is 2.85. The van der Waals surface area contributed by atoms with Gasteiger partial charge in [0.1, 0.15) is 12.4 Å². The molecule has 20 heavy (non-hydrogen) atoms. The summed E-state index contributed by atoms with van der Waals surface area (Å²) in [6.45, 7) is 1.72. The molecular weight excluding hydrogens is 295 g/mol. The molecular formula is C12H15ClF3N3O. The smallest absolute Gasteiger partial charge is 0.372 e. The van der Waals surface area contributed by atoms with Crippen LogP contribution in [0.5, 0.6) is 0 Å². The molecule has 0 saturated carbocycles. The van der Waals surface area contributed by atoms with Gasteiger partial charge in [0.2, 0.25) is 0 Å². The second-order valence-corrected chi connectivity index (χ2v) is 4.85. The van der Waals surface area contributed by atoms with Crippen molar-refractivity contribution in [2.75, 3.05) is 18.9 Å². The Kier molecular flexibility index (Phi) is 5.21. The minimum Gasteiger partial charge on any atom is -0.372 e. The zero-order valence-electron chi connectivity index (χ0n) is 11.3. The van der Waals surface area contributed by atoms with E-state index in [-0.39, 0.29) is 10.6 Å². The zero-order chi connectivity index (χ0) is 15.5. The van der Waals surface area contributed by atoms with Crippen molar-refractivity contribution in [1.82, 2.24) is 9.88 Å². The Labute approximate surface area is 119 Å². The first kappa shape index (κ1) is 16.6. The van der Waals surface area contributed by atoms with Crippen molar-refractivity contribution in [3.63, 3.8) is 0 Å². The molecule has 0 atom stereocenters. The van der Waals surface area contributed by atoms with Gasteiger partial charge >= 0.3 is 6.18 Å². The van der Waals surface area contributed by atoms with Crippen LogP contribution in [-0.4, -0.2) is 41.6 Å². The van der Waals surface area contributed by atoms with E-state index < -0.39 is 24.7 Å². The summed E-state index contributed by atoms with van der Waals surface area (Å²) in [5.74, 6) is -0.399. The fraction of sp³-hybridized carbons (Fsp3) is 0.500. The second kappa shape index (κ2) is 6.30. The number of halogens is 4. The average molecular weight is 310 g/mol. The molecule has 0 aliphatic rings. The third kappa shape index (κ3) is 4.26. The quantitative estimate of drug-likeness (QED) is 0.929. The normalized spacial score (nSPS) is 11.6. The van der Waals surface area contributed by atoms with Gasteiger partial charge in [-0.2, -0.15) is 13.2 Å². The molecule has 1 N–H and O–H groups in total. The van der Waals surface area contributed by atoms with Gasteiger partial charge in [0.15, 0.2) is 0 Å². The first-order valence-electron chi connectivity index (χ1n) is 5.86. The summed E-state index contributed by atoms with van der Waals surface area (Å²) < 4.78 is 37.5. The SMILES string of the molecule is CNc1ncc(C(=O)N(CC(F)(F)F)C(C)C)cc1Cl. The van der Waals surface area contributed by atoms with Crippen LogP contribution in [0.4, 0.5) is 19.0 Å². The van der Waals surface area contributed by atoms with Crippen LogP contribution >= 0.6 is 11.6 Å². The number of nitrogens with zero attached hydrogens (tertiary/aromatic N) is 2. The molecule has 112 valence electrons. The number of hydrogen-bond donors (Lipinski definition) is 1. The molecule has 1 amide bonds. The van der Waals surface area contributed by atoms with Crippen molar-refractivity contribution >= 4 is 23.3 Å². The number of carbonyl (C=O) groups is 1. The Bertz CT molecular complexity index is 491. The van der Waals surface area contributed by atoms with Gasteiger partial charge in [0.25, 0.3) is 5.91 Å². The Morgan fingerprint density at radius 3 is 2.50 bits per heavy atom. The summed E-state index contributed by atoms with van der Waals surface area (Å²) in [6.07, 6.45) is -3.26. The van der Waals surface area contributed by atoms with E-state index >= 15 is 0 Å². The molecule has 8 heteroatoms. The molecule has 0 bridgehead atoms. The number of alkyl halides is 3. The van der Waals surface area contributed by atoms with Gasteiger partial charge in [-0.25, -0.2) is 4.98 Å². The van der Waals surface area contributed by atoms with E-state index in [0.717, 1.165) is 4.90 Å². The fourth-order valence-electron chi connectivity index (χ4n) is 1.59. The number of aromatic nitrogens is 1. The van der Waals surface area contributed by atoms with Gasteiger partial charge in [-0.1, -0.05) is 11.6 Å². The highest BCUT2D eigenvalue weighted by atomic mass is 35.5. The number of amides is 1. The van der Waals surface area contributed by atoms with Gasteiger partial charge < -0.3 is 10.2 Å². The summed E-state index contributed by atoms with van der Waals surface area (Å²) in [5, 5.41) is 2.88. The number of rotatable bonds is 4. The first-order valence-corrected chi connectivity index (χ1v) is 6.24. The fourth-order valence-corrected chi connectivity index (χ4v) is 1.85. The van der Waals surface area contributed by atoms with Crippen LogP contribution in [0.2, 0.25) is 5.02 Å². The maximum absolute atomic E-state index is 12.5. The molecule has 0 spiro atoms. The minimum atomic E-state index is -4.46. The van der Waals surface area contributed by atoms with Crippen molar-refractivity contribution in [1.29, 1.82) is 0 Å². The van der Waals surface area contributed by atoms with Gasteiger partial charge in [-0.15, -0.1) is 0 Å². The van der Waals surface area contributed by atoms with E-state index in [0.29, 0.717) is 5.82 Å². The molecule has 0 saturated heterocycles. The molecule has 4 nitrogen and oxygen atoms in total. The van der Waals surface area contributed by atoms with Crippen LogP contribution in [0.1, 0.15) is 24.2 Å². The van der Waals surface area contributed by atoms with Crippen LogP contribution < -0.4 is 5.32 Å². The number of pyridine rings is 1. The predicted molar refractivity (Wildman–Crippen MR) is 71.0 cm³/mol. The summed E-state index contributed by atoms with van der Waals surface area (Å²) in [7, 11) is 1.60. The number of nitrogens with one attached hydrogen (secondary N) is 1. The summed E-state index contributed by atoms with van der Waals surface area (Å²) in [6, 6.07) is 0.709. The molecule has 1 heterocycles. The van der Waals surface area contributed by atoms with Crippen LogP contribution in [0, 0.1) is 0 Å². The highest BCUT2D eigenvalue weighted by molar-refractivity contribution is 6.33. The van der Waals surface area contributed by atoms with Gasteiger partial charge in [-0.3, -0.25) is 4.79 Å². The van der Waals surface area contributed by atoms with Crippen LogP contribution in [0.15, 0.2) is 12.3 Å². The topological polar surface area (TPSA) is 45.2 Å². The van der Waals surface area contributed by atoms with Gasteiger partial charge in [-0.05, 0) is 19.9 Å². The van der Waals surface area contributed by atoms with Crippen molar-refractivity contribution in [2.45, 2.75) is 26.1 Å². The lowest BCUT2D eigenvalue weighted by Gasteiger charge is -2.27. The first-order chi connectivity index (χ1) is 9.15. The van der Waals surface area contributed by atoms with E-state index in [4.69, 9.17) is 11.6 Å². The maximum Gasteiger partial charge on any atom is 0.406 e. The van der Waals surface area contributed by atoms with Gasteiger partial charge in [0, 0.05) is 19.3 Å². The molecule has 0 aliphatic heterocycles. The molecule has 0 radical (unpaired) electrons. The van der Waals surface area contributed by atoms with Crippen molar-refractivity contribution < 1.29 is 18.0 Å². The lowest BCUT2D eigenvalue weighted by molar-refractivity contribution is -0.143. The largest absolute Gasteiger partial charge is 0.406 e. The Morgan fingerprint density at radius 2 is 2.10 bits per heavy atom. The van der Waals surface area contributed by atoms with Crippen molar-refractivity contribution in [3.8, 4) is 0 Å². The molecule has 0 aliphatic carbocycles. The van der Waals surface area contributed by atoms with E-state index in [9.17, 15) is 18.0 Å². The lowest BCUT2D eigenvalue weighted by Crippen LogP contribution is -2.43. The third-order valence-electron chi connectivity index (χ3n) is 2.56. The predicted octanol–water partition coefficient (Wildman–Crippen LogP) is 3.19. The monoisotopic (exact) mass is 309 g/mol. The summed E-state index contributed by atoms with van der Waals surface area (Å²) in [4.78, 5) is 16.7. The molecule has 0 aromatic carbocycles. The maximum atomic E-state index is 12.5. The molecule has 0 unspecified atom stereocenters. The summed E-state index contributed by atoms with van der Waals surface area (Å²) in [5.41, 5.74) is 0.0203. The number of hydrogen-bond acceptors (Lipinski definition) is 3. The molecule has 1 aromatic rings. The zero-order valence-corrected chi connectivity index (χ0v) is 12.0. The highest BCUT2D eigenvalue weighted by Gasteiger charge is 2.34. The van der Waals surface area contributed by atoms with E-state index in [2.05, 4.69) is 10.3 Å². The van der Waals surface area contributed by atoms with E-state index in [1.807, 2.05) is 0 Å². The second-order valence-electron chi connectivity index (χ2n) is 4.45. The van der Waals surface area contributed by atoms with E-state index in [1.54, 1.807) is 7.05 Å².